The normalized spacial score (nSPS) is 12.2. The van der Waals surface area contributed by atoms with Gasteiger partial charge in [0.05, 0.1) is 0 Å². The smallest absolute Gasteiger partial charge is 0.165 e. The van der Waals surface area contributed by atoms with Crippen LogP contribution in [0.5, 0.6) is 5.75 Å². The van der Waals surface area contributed by atoms with E-state index in [0.717, 1.165) is 18.4 Å². The van der Waals surface area contributed by atoms with E-state index in [1.807, 2.05) is 24.3 Å². The highest BCUT2D eigenvalue weighted by Gasteiger charge is 2.10. The van der Waals surface area contributed by atoms with Gasteiger partial charge in [-0.2, -0.15) is 0 Å². The monoisotopic (exact) mass is 274 g/mol. The zero-order chi connectivity index (χ0) is 14.4. The van der Waals surface area contributed by atoms with Crippen LogP contribution in [-0.4, -0.2) is 11.7 Å². The summed E-state index contributed by atoms with van der Waals surface area (Å²) in [5.41, 5.74) is 2.03. The van der Waals surface area contributed by atoms with E-state index in [1.54, 1.807) is 18.2 Å². The minimum absolute atomic E-state index is 0.0358. The third kappa shape index (κ3) is 3.81. The Hall–Kier alpha value is -1.87. The van der Waals surface area contributed by atoms with Crippen LogP contribution in [0.4, 0.5) is 4.39 Å². The molecule has 0 aliphatic carbocycles. The number of ether oxygens (including phenoxy) is 1. The van der Waals surface area contributed by atoms with Crippen LogP contribution >= 0.6 is 0 Å². The maximum absolute atomic E-state index is 13.4. The summed E-state index contributed by atoms with van der Waals surface area (Å²) in [6.07, 6.45) is 1.37. The minimum Gasteiger partial charge on any atom is -0.487 e. The molecule has 106 valence electrons. The molecule has 0 heterocycles. The Morgan fingerprint density at radius 1 is 1.10 bits per heavy atom. The SMILES string of the molecule is CCCc1ccc(C(O)COc2ccccc2F)cc1. The Labute approximate surface area is 118 Å². The molecule has 0 bridgehead atoms. The van der Waals surface area contributed by atoms with Gasteiger partial charge in [-0.1, -0.05) is 49.7 Å². The molecule has 0 fully saturated rings. The Kier molecular flexibility index (Phi) is 5.13. The van der Waals surface area contributed by atoms with Gasteiger partial charge in [0.15, 0.2) is 11.6 Å². The molecule has 1 N–H and O–H groups in total. The second-order valence-corrected chi connectivity index (χ2v) is 4.75. The third-order valence-corrected chi connectivity index (χ3v) is 3.14. The highest BCUT2D eigenvalue weighted by atomic mass is 19.1. The molecule has 0 radical (unpaired) electrons. The number of aliphatic hydroxyl groups is 1. The number of hydrogen-bond acceptors (Lipinski definition) is 2. The molecule has 2 aromatic rings. The highest BCUT2D eigenvalue weighted by Crippen LogP contribution is 2.19. The average Bonchev–Trinajstić information content (AvgIpc) is 2.47. The maximum atomic E-state index is 13.4. The van der Waals surface area contributed by atoms with Gasteiger partial charge in [0.25, 0.3) is 0 Å². The predicted molar refractivity (Wildman–Crippen MR) is 77.3 cm³/mol. The van der Waals surface area contributed by atoms with Gasteiger partial charge >= 0.3 is 0 Å². The van der Waals surface area contributed by atoms with Crippen LogP contribution in [0.25, 0.3) is 0 Å². The first-order valence-corrected chi connectivity index (χ1v) is 6.85. The lowest BCUT2D eigenvalue weighted by molar-refractivity contribution is 0.106. The molecule has 2 rings (SSSR count). The van der Waals surface area contributed by atoms with E-state index >= 15 is 0 Å². The molecule has 2 aromatic carbocycles. The second-order valence-electron chi connectivity index (χ2n) is 4.75. The number of aryl methyl sites for hydroxylation is 1. The van der Waals surface area contributed by atoms with Crippen LogP contribution in [0.15, 0.2) is 48.5 Å². The van der Waals surface area contributed by atoms with Gasteiger partial charge in [-0.15, -0.1) is 0 Å². The van der Waals surface area contributed by atoms with Crippen LogP contribution in [0.1, 0.15) is 30.6 Å². The van der Waals surface area contributed by atoms with Crippen molar-refractivity contribution >= 4 is 0 Å². The quantitative estimate of drug-likeness (QED) is 0.866. The van der Waals surface area contributed by atoms with Gasteiger partial charge in [0, 0.05) is 0 Å². The highest BCUT2D eigenvalue weighted by molar-refractivity contribution is 5.26. The molecule has 0 aliphatic heterocycles. The lowest BCUT2D eigenvalue weighted by Gasteiger charge is -2.13. The average molecular weight is 274 g/mol. The maximum Gasteiger partial charge on any atom is 0.165 e. The summed E-state index contributed by atoms with van der Waals surface area (Å²) in [4.78, 5) is 0. The van der Waals surface area contributed by atoms with Gasteiger partial charge in [-0.3, -0.25) is 0 Å². The number of hydrogen-bond donors (Lipinski definition) is 1. The fourth-order valence-electron chi connectivity index (χ4n) is 2.02. The first-order chi connectivity index (χ1) is 9.70. The lowest BCUT2D eigenvalue weighted by atomic mass is 10.0. The van der Waals surface area contributed by atoms with E-state index in [1.165, 1.54) is 11.6 Å². The summed E-state index contributed by atoms with van der Waals surface area (Å²) >= 11 is 0. The zero-order valence-electron chi connectivity index (χ0n) is 11.6. The molecule has 1 atom stereocenters. The topological polar surface area (TPSA) is 29.5 Å². The van der Waals surface area contributed by atoms with Crippen molar-refractivity contribution in [3.63, 3.8) is 0 Å². The van der Waals surface area contributed by atoms with Crippen LogP contribution in [0, 0.1) is 5.82 Å². The summed E-state index contributed by atoms with van der Waals surface area (Å²) in [6.45, 7) is 2.17. The summed E-state index contributed by atoms with van der Waals surface area (Å²) in [5.74, 6) is -0.257. The van der Waals surface area contributed by atoms with Crippen molar-refractivity contribution in [3.05, 3.63) is 65.5 Å². The van der Waals surface area contributed by atoms with E-state index in [9.17, 15) is 9.50 Å². The molecule has 0 saturated heterocycles. The van der Waals surface area contributed by atoms with Crippen LogP contribution in [0.3, 0.4) is 0 Å². The van der Waals surface area contributed by atoms with Crippen molar-refractivity contribution in [2.45, 2.75) is 25.9 Å². The number of benzene rings is 2. The second kappa shape index (κ2) is 7.06. The molecule has 20 heavy (non-hydrogen) atoms. The van der Waals surface area contributed by atoms with Gasteiger partial charge < -0.3 is 9.84 Å². The first kappa shape index (κ1) is 14.5. The fraction of sp³-hybridized carbons (Fsp3) is 0.294. The standard InChI is InChI=1S/C17H19FO2/c1-2-5-13-8-10-14(11-9-13)16(19)12-20-17-7-4-3-6-15(17)18/h3-4,6-11,16,19H,2,5,12H2,1H3. The molecule has 0 spiro atoms. The van der Waals surface area contributed by atoms with Crippen molar-refractivity contribution in [2.24, 2.45) is 0 Å². The molecule has 3 heteroatoms. The third-order valence-electron chi connectivity index (χ3n) is 3.14. The van der Waals surface area contributed by atoms with E-state index in [-0.39, 0.29) is 12.4 Å². The van der Waals surface area contributed by atoms with Crippen molar-refractivity contribution < 1.29 is 14.2 Å². The summed E-state index contributed by atoms with van der Waals surface area (Å²) in [7, 11) is 0. The molecule has 0 amide bonds. The first-order valence-electron chi connectivity index (χ1n) is 6.85. The molecular formula is C17H19FO2. The van der Waals surface area contributed by atoms with Crippen molar-refractivity contribution in [2.75, 3.05) is 6.61 Å². The molecule has 1 unspecified atom stereocenters. The van der Waals surface area contributed by atoms with Gasteiger partial charge in [0.1, 0.15) is 12.7 Å². The van der Waals surface area contributed by atoms with E-state index in [0.29, 0.717) is 0 Å². The zero-order valence-corrected chi connectivity index (χ0v) is 11.6. The molecule has 0 aliphatic rings. The van der Waals surface area contributed by atoms with Crippen molar-refractivity contribution in [1.82, 2.24) is 0 Å². The Morgan fingerprint density at radius 2 is 1.80 bits per heavy atom. The van der Waals surface area contributed by atoms with E-state index in [2.05, 4.69) is 6.92 Å². The Bertz CT molecular complexity index is 537. The van der Waals surface area contributed by atoms with E-state index in [4.69, 9.17) is 4.74 Å². The van der Waals surface area contributed by atoms with Gasteiger partial charge in [-0.05, 0) is 29.7 Å². The summed E-state index contributed by atoms with van der Waals surface area (Å²) in [5, 5.41) is 10.0. The molecule has 0 saturated carbocycles. The predicted octanol–water partition coefficient (Wildman–Crippen LogP) is 3.89. The fourth-order valence-corrected chi connectivity index (χ4v) is 2.02. The van der Waals surface area contributed by atoms with Crippen LogP contribution < -0.4 is 4.74 Å². The number of rotatable bonds is 6. The van der Waals surface area contributed by atoms with Crippen LogP contribution in [0.2, 0.25) is 0 Å². The van der Waals surface area contributed by atoms with E-state index < -0.39 is 11.9 Å². The van der Waals surface area contributed by atoms with Gasteiger partial charge in [-0.25, -0.2) is 4.39 Å². The minimum atomic E-state index is -0.759. The Balaban J connectivity index is 1.94. The van der Waals surface area contributed by atoms with Crippen molar-refractivity contribution in [1.29, 1.82) is 0 Å². The molecule has 0 aromatic heterocycles. The number of aliphatic hydroxyl groups excluding tert-OH is 1. The molecular weight excluding hydrogens is 255 g/mol. The summed E-state index contributed by atoms with van der Waals surface area (Å²) < 4.78 is 18.7. The largest absolute Gasteiger partial charge is 0.487 e. The molecule has 2 nitrogen and oxygen atoms in total. The lowest BCUT2D eigenvalue weighted by Crippen LogP contribution is -2.10. The number of halogens is 1. The van der Waals surface area contributed by atoms with Crippen molar-refractivity contribution in [3.8, 4) is 5.75 Å². The van der Waals surface area contributed by atoms with Gasteiger partial charge in [0.2, 0.25) is 0 Å². The number of para-hydroxylation sites is 1. The Morgan fingerprint density at radius 3 is 2.45 bits per heavy atom. The summed E-state index contributed by atoms with van der Waals surface area (Å²) in [6, 6.07) is 14.0. The van der Waals surface area contributed by atoms with Crippen LogP contribution in [-0.2, 0) is 6.42 Å².